The SMILES string of the molecule is Cn1c(CCNC(=O)C2(N)CCOCC2)nc2ccc(F)cc21. The van der Waals surface area contributed by atoms with Crippen LogP contribution in [0.4, 0.5) is 4.39 Å². The number of fused-ring (bicyclic) bond motifs is 1. The van der Waals surface area contributed by atoms with Crippen LogP contribution >= 0.6 is 0 Å². The van der Waals surface area contributed by atoms with Gasteiger partial charge in [-0.1, -0.05) is 0 Å². The standard InChI is InChI=1S/C16H21FN4O2/c1-21-13-10-11(17)2-3-12(13)20-14(21)4-7-19-15(22)16(18)5-8-23-9-6-16/h2-3,10H,4-9,18H2,1H3,(H,19,22). The number of aryl methyl sites for hydroxylation is 1. The van der Waals surface area contributed by atoms with Gasteiger partial charge in [0.25, 0.3) is 0 Å². The topological polar surface area (TPSA) is 82.2 Å². The van der Waals surface area contributed by atoms with Gasteiger partial charge < -0.3 is 20.4 Å². The van der Waals surface area contributed by atoms with Crippen LogP contribution in [-0.2, 0) is 23.0 Å². The number of hydrogen-bond donors (Lipinski definition) is 2. The number of hydrogen-bond acceptors (Lipinski definition) is 4. The third kappa shape index (κ3) is 3.20. The van der Waals surface area contributed by atoms with Crippen molar-refractivity contribution in [2.45, 2.75) is 24.8 Å². The van der Waals surface area contributed by atoms with Crippen molar-refractivity contribution in [1.82, 2.24) is 14.9 Å². The van der Waals surface area contributed by atoms with Gasteiger partial charge in [-0.25, -0.2) is 9.37 Å². The van der Waals surface area contributed by atoms with E-state index in [1.807, 2.05) is 11.6 Å². The van der Waals surface area contributed by atoms with Crippen molar-refractivity contribution in [3.63, 3.8) is 0 Å². The molecule has 2 heterocycles. The Hall–Kier alpha value is -1.99. The smallest absolute Gasteiger partial charge is 0.240 e. The van der Waals surface area contributed by atoms with E-state index in [2.05, 4.69) is 10.3 Å². The first-order chi connectivity index (χ1) is 11.0. The highest BCUT2D eigenvalue weighted by Crippen LogP contribution is 2.18. The van der Waals surface area contributed by atoms with Crippen LogP contribution in [0.2, 0.25) is 0 Å². The molecule has 0 bridgehead atoms. The van der Waals surface area contributed by atoms with E-state index in [-0.39, 0.29) is 11.7 Å². The molecule has 1 aromatic carbocycles. The van der Waals surface area contributed by atoms with E-state index in [4.69, 9.17) is 10.5 Å². The summed E-state index contributed by atoms with van der Waals surface area (Å²) in [6.07, 6.45) is 1.62. The quantitative estimate of drug-likeness (QED) is 0.876. The number of benzene rings is 1. The Balaban J connectivity index is 1.62. The fourth-order valence-electron chi connectivity index (χ4n) is 2.86. The summed E-state index contributed by atoms with van der Waals surface area (Å²) in [6, 6.07) is 4.51. The van der Waals surface area contributed by atoms with Gasteiger partial charge in [-0.05, 0) is 31.0 Å². The van der Waals surface area contributed by atoms with Crippen LogP contribution in [0.3, 0.4) is 0 Å². The number of carbonyl (C=O) groups is 1. The van der Waals surface area contributed by atoms with E-state index < -0.39 is 5.54 Å². The average molecular weight is 320 g/mol. The van der Waals surface area contributed by atoms with Gasteiger partial charge in [0.05, 0.1) is 16.6 Å². The summed E-state index contributed by atoms with van der Waals surface area (Å²) >= 11 is 0. The zero-order valence-corrected chi connectivity index (χ0v) is 13.1. The van der Waals surface area contributed by atoms with Crippen LogP contribution < -0.4 is 11.1 Å². The second kappa shape index (κ2) is 6.25. The predicted molar refractivity (Wildman–Crippen MR) is 84.4 cm³/mol. The number of rotatable bonds is 4. The molecule has 7 heteroatoms. The van der Waals surface area contributed by atoms with Gasteiger partial charge >= 0.3 is 0 Å². The molecule has 1 aliphatic rings. The van der Waals surface area contributed by atoms with E-state index in [9.17, 15) is 9.18 Å². The van der Waals surface area contributed by atoms with E-state index in [0.717, 1.165) is 16.9 Å². The summed E-state index contributed by atoms with van der Waals surface area (Å²) in [5, 5.41) is 2.88. The van der Waals surface area contributed by atoms with Crippen molar-refractivity contribution in [2.75, 3.05) is 19.8 Å². The number of aromatic nitrogens is 2. The summed E-state index contributed by atoms with van der Waals surface area (Å²) in [7, 11) is 1.84. The molecule has 1 saturated heterocycles. The first-order valence-corrected chi connectivity index (χ1v) is 7.75. The Morgan fingerprint density at radius 2 is 2.22 bits per heavy atom. The Kier molecular flexibility index (Phi) is 4.32. The fourth-order valence-corrected chi connectivity index (χ4v) is 2.86. The number of nitrogens with zero attached hydrogens (tertiary/aromatic N) is 2. The van der Waals surface area contributed by atoms with Gasteiger partial charge in [0.2, 0.25) is 5.91 Å². The summed E-state index contributed by atoms with van der Waals surface area (Å²) in [4.78, 5) is 16.7. The Morgan fingerprint density at radius 1 is 1.48 bits per heavy atom. The van der Waals surface area contributed by atoms with Crippen LogP contribution in [0.15, 0.2) is 18.2 Å². The maximum absolute atomic E-state index is 13.3. The number of carbonyl (C=O) groups excluding carboxylic acids is 1. The molecule has 3 N–H and O–H groups in total. The molecule has 0 radical (unpaired) electrons. The minimum Gasteiger partial charge on any atom is -0.381 e. The molecule has 124 valence electrons. The van der Waals surface area contributed by atoms with Crippen LogP contribution in [0.1, 0.15) is 18.7 Å². The normalized spacial score (nSPS) is 17.3. The molecule has 0 aliphatic carbocycles. The molecule has 1 aromatic heterocycles. The van der Waals surface area contributed by atoms with Gasteiger partial charge in [-0.15, -0.1) is 0 Å². The van der Waals surface area contributed by atoms with Crippen molar-refractivity contribution in [3.8, 4) is 0 Å². The third-order valence-electron chi connectivity index (χ3n) is 4.41. The number of amides is 1. The molecule has 0 spiro atoms. The number of imidazole rings is 1. The van der Waals surface area contributed by atoms with Crippen LogP contribution in [0.25, 0.3) is 11.0 Å². The second-order valence-corrected chi connectivity index (χ2v) is 5.99. The summed E-state index contributed by atoms with van der Waals surface area (Å²) in [5.41, 5.74) is 6.78. The van der Waals surface area contributed by atoms with Crippen molar-refractivity contribution in [1.29, 1.82) is 0 Å². The zero-order chi connectivity index (χ0) is 16.4. The van der Waals surface area contributed by atoms with Crippen molar-refractivity contribution in [2.24, 2.45) is 12.8 Å². The minimum atomic E-state index is -0.840. The number of ether oxygens (including phenoxy) is 1. The number of nitrogens with one attached hydrogen (secondary N) is 1. The summed E-state index contributed by atoms with van der Waals surface area (Å²) < 4.78 is 20.4. The lowest BCUT2D eigenvalue weighted by atomic mass is 9.90. The molecule has 1 aliphatic heterocycles. The van der Waals surface area contributed by atoms with Gasteiger partial charge in [0.1, 0.15) is 11.6 Å². The molecule has 0 atom stereocenters. The van der Waals surface area contributed by atoms with Gasteiger partial charge in [-0.2, -0.15) is 0 Å². The Labute approximate surface area is 133 Å². The molecule has 0 saturated carbocycles. The maximum Gasteiger partial charge on any atom is 0.240 e. The lowest BCUT2D eigenvalue weighted by molar-refractivity contribution is -0.129. The largest absolute Gasteiger partial charge is 0.381 e. The first-order valence-electron chi connectivity index (χ1n) is 7.75. The van der Waals surface area contributed by atoms with E-state index in [1.54, 1.807) is 6.07 Å². The molecular formula is C16H21FN4O2. The fraction of sp³-hybridized carbons (Fsp3) is 0.500. The molecular weight excluding hydrogens is 299 g/mol. The molecule has 1 fully saturated rings. The van der Waals surface area contributed by atoms with Crippen LogP contribution in [0, 0.1) is 5.82 Å². The highest BCUT2D eigenvalue weighted by molar-refractivity contribution is 5.86. The molecule has 23 heavy (non-hydrogen) atoms. The minimum absolute atomic E-state index is 0.148. The Morgan fingerprint density at radius 3 is 2.96 bits per heavy atom. The monoisotopic (exact) mass is 320 g/mol. The molecule has 6 nitrogen and oxygen atoms in total. The van der Waals surface area contributed by atoms with Gasteiger partial charge in [0, 0.05) is 33.2 Å². The third-order valence-corrected chi connectivity index (χ3v) is 4.41. The molecule has 2 aromatic rings. The van der Waals surface area contributed by atoms with E-state index in [1.165, 1.54) is 12.1 Å². The van der Waals surface area contributed by atoms with Crippen LogP contribution in [-0.4, -0.2) is 40.8 Å². The first kappa shape index (κ1) is 15.9. The van der Waals surface area contributed by atoms with Crippen molar-refractivity contribution in [3.05, 3.63) is 29.8 Å². The second-order valence-electron chi connectivity index (χ2n) is 5.99. The van der Waals surface area contributed by atoms with Crippen molar-refractivity contribution >= 4 is 16.9 Å². The highest BCUT2D eigenvalue weighted by Gasteiger charge is 2.35. The lowest BCUT2D eigenvalue weighted by Crippen LogP contribution is -2.57. The average Bonchev–Trinajstić information content (AvgIpc) is 2.84. The van der Waals surface area contributed by atoms with Gasteiger partial charge in [-0.3, -0.25) is 4.79 Å². The van der Waals surface area contributed by atoms with Crippen LogP contribution in [0.5, 0.6) is 0 Å². The molecule has 0 unspecified atom stereocenters. The predicted octanol–water partition coefficient (Wildman–Crippen LogP) is 0.879. The van der Waals surface area contributed by atoms with E-state index in [0.29, 0.717) is 39.0 Å². The summed E-state index contributed by atoms with van der Waals surface area (Å²) in [5.74, 6) is 0.361. The summed E-state index contributed by atoms with van der Waals surface area (Å²) in [6.45, 7) is 1.47. The molecule has 3 rings (SSSR count). The molecule has 1 amide bonds. The highest BCUT2D eigenvalue weighted by atomic mass is 19.1. The van der Waals surface area contributed by atoms with Crippen molar-refractivity contribution < 1.29 is 13.9 Å². The number of halogens is 1. The lowest BCUT2D eigenvalue weighted by Gasteiger charge is -2.31. The number of nitrogens with two attached hydrogens (primary N) is 1. The van der Waals surface area contributed by atoms with E-state index >= 15 is 0 Å². The maximum atomic E-state index is 13.3. The zero-order valence-electron chi connectivity index (χ0n) is 13.1. The van der Waals surface area contributed by atoms with Gasteiger partial charge in [0.15, 0.2) is 0 Å². The Bertz CT molecular complexity index is 722.